The highest BCUT2D eigenvalue weighted by atomic mass is 16.4. The average Bonchev–Trinajstić information content (AvgIpc) is 2.46. The predicted molar refractivity (Wildman–Crippen MR) is 87.0 cm³/mol. The molecule has 3 N–H and O–H groups in total. The van der Waals surface area contributed by atoms with Crippen LogP contribution in [0.15, 0.2) is 47.6 Å². The first-order chi connectivity index (χ1) is 9.99. The van der Waals surface area contributed by atoms with Gasteiger partial charge in [-0.3, -0.25) is 0 Å². The topological polar surface area (TPSA) is 61.8 Å². The Morgan fingerprint density at radius 1 is 1.10 bits per heavy atom. The Kier molecular flexibility index (Phi) is 4.48. The molecule has 2 rings (SSSR count). The first-order valence-corrected chi connectivity index (χ1v) is 6.86. The Balaban J connectivity index is 2.14. The van der Waals surface area contributed by atoms with Crippen molar-refractivity contribution in [3.05, 3.63) is 64.7 Å². The minimum atomic E-state index is 0.129. The smallest absolute Gasteiger partial charge is 0.170 e. The fraction of sp³-hybridized carbons (Fsp3) is 0.235. The highest BCUT2D eigenvalue weighted by Gasteiger charge is 2.05. The summed E-state index contributed by atoms with van der Waals surface area (Å²) in [5, 5.41) is 11.7. The molecule has 0 bridgehead atoms. The molecule has 0 atom stereocenters. The number of rotatable bonds is 4. The van der Waals surface area contributed by atoms with Crippen LogP contribution in [0.25, 0.3) is 0 Å². The second-order valence-electron chi connectivity index (χ2n) is 5.38. The number of oxime groups is 1. The summed E-state index contributed by atoms with van der Waals surface area (Å²) in [5.74, 6) is 0.129. The molecule has 4 nitrogen and oxygen atoms in total. The molecule has 0 aromatic heterocycles. The van der Waals surface area contributed by atoms with E-state index in [-0.39, 0.29) is 5.84 Å². The molecule has 0 saturated carbocycles. The summed E-state index contributed by atoms with van der Waals surface area (Å²) in [5.41, 5.74) is 11.2. The lowest BCUT2D eigenvalue weighted by Crippen LogP contribution is -2.17. The number of nitrogens with zero attached hydrogens (tertiary/aromatic N) is 2. The third-order valence-corrected chi connectivity index (χ3v) is 3.42. The molecule has 0 unspecified atom stereocenters. The van der Waals surface area contributed by atoms with E-state index in [2.05, 4.69) is 49.1 Å². The van der Waals surface area contributed by atoms with Crippen molar-refractivity contribution in [1.29, 1.82) is 0 Å². The first kappa shape index (κ1) is 14.9. The molecule has 110 valence electrons. The molecule has 0 spiro atoms. The maximum atomic E-state index is 8.66. The molecular weight excluding hydrogens is 262 g/mol. The fourth-order valence-corrected chi connectivity index (χ4v) is 2.37. The molecule has 0 radical (unpaired) electrons. The van der Waals surface area contributed by atoms with Gasteiger partial charge in [0.25, 0.3) is 0 Å². The average molecular weight is 283 g/mol. The second-order valence-corrected chi connectivity index (χ2v) is 5.38. The van der Waals surface area contributed by atoms with E-state index in [4.69, 9.17) is 10.9 Å². The molecule has 0 fully saturated rings. The van der Waals surface area contributed by atoms with E-state index in [9.17, 15) is 0 Å². The third-order valence-electron chi connectivity index (χ3n) is 3.42. The van der Waals surface area contributed by atoms with E-state index in [0.717, 1.165) is 12.1 Å². The van der Waals surface area contributed by atoms with Gasteiger partial charge < -0.3 is 15.8 Å². The van der Waals surface area contributed by atoms with Gasteiger partial charge in [0.2, 0.25) is 0 Å². The molecule has 2 aromatic rings. The second kappa shape index (κ2) is 6.31. The Morgan fingerprint density at radius 3 is 2.19 bits per heavy atom. The minimum Gasteiger partial charge on any atom is -0.409 e. The number of hydrogen-bond donors (Lipinski definition) is 2. The molecule has 0 amide bonds. The molecule has 0 heterocycles. The van der Waals surface area contributed by atoms with Crippen molar-refractivity contribution in [1.82, 2.24) is 0 Å². The van der Waals surface area contributed by atoms with E-state index in [1.165, 1.54) is 22.4 Å². The summed E-state index contributed by atoms with van der Waals surface area (Å²) in [6.07, 6.45) is 0. The molecule has 0 aliphatic heterocycles. The molecule has 0 saturated heterocycles. The monoisotopic (exact) mass is 283 g/mol. The first-order valence-electron chi connectivity index (χ1n) is 6.86. The van der Waals surface area contributed by atoms with Gasteiger partial charge in [0.1, 0.15) is 0 Å². The van der Waals surface area contributed by atoms with E-state index < -0.39 is 0 Å². The lowest BCUT2D eigenvalue weighted by molar-refractivity contribution is 0.318. The Morgan fingerprint density at radius 2 is 1.67 bits per heavy atom. The molecule has 0 aliphatic rings. The molecule has 21 heavy (non-hydrogen) atoms. The number of aryl methyl sites for hydroxylation is 2. The van der Waals surface area contributed by atoms with Gasteiger partial charge in [-0.1, -0.05) is 35.5 Å². The zero-order valence-electron chi connectivity index (χ0n) is 12.7. The number of benzene rings is 2. The summed E-state index contributed by atoms with van der Waals surface area (Å²) < 4.78 is 0. The lowest BCUT2D eigenvalue weighted by atomic mass is 10.1. The number of anilines is 1. The van der Waals surface area contributed by atoms with Gasteiger partial charge >= 0.3 is 0 Å². The molecular formula is C17H21N3O. The standard InChI is InChI=1S/C17H21N3O/c1-12-8-13(2)10-16(9-12)20(3)11-14-4-6-15(7-5-14)17(18)19-21/h4-10,21H,11H2,1-3H3,(H2,18,19). The highest BCUT2D eigenvalue weighted by molar-refractivity contribution is 5.96. The molecule has 4 heteroatoms. The maximum Gasteiger partial charge on any atom is 0.170 e. The predicted octanol–water partition coefficient (Wildman–Crippen LogP) is 3.03. The van der Waals surface area contributed by atoms with Gasteiger partial charge in [-0.2, -0.15) is 0 Å². The van der Waals surface area contributed by atoms with Gasteiger partial charge in [-0.25, -0.2) is 0 Å². The van der Waals surface area contributed by atoms with Crippen LogP contribution in [0, 0.1) is 13.8 Å². The maximum absolute atomic E-state index is 8.66. The van der Waals surface area contributed by atoms with Crippen molar-refractivity contribution >= 4 is 11.5 Å². The van der Waals surface area contributed by atoms with Crippen LogP contribution in [-0.4, -0.2) is 18.1 Å². The van der Waals surface area contributed by atoms with Gasteiger partial charge in [0.05, 0.1) is 0 Å². The number of nitrogens with two attached hydrogens (primary N) is 1. The van der Waals surface area contributed by atoms with E-state index in [1.54, 1.807) is 0 Å². The lowest BCUT2D eigenvalue weighted by Gasteiger charge is -2.20. The third kappa shape index (κ3) is 3.75. The summed E-state index contributed by atoms with van der Waals surface area (Å²) in [6.45, 7) is 5.02. The van der Waals surface area contributed by atoms with Crippen LogP contribution in [0.2, 0.25) is 0 Å². The van der Waals surface area contributed by atoms with Crippen LogP contribution in [-0.2, 0) is 6.54 Å². The Bertz CT molecular complexity index is 627. The van der Waals surface area contributed by atoms with Crippen LogP contribution in [0.1, 0.15) is 22.3 Å². The Hall–Kier alpha value is -2.49. The minimum absolute atomic E-state index is 0.129. The SMILES string of the molecule is Cc1cc(C)cc(N(C)Cc2ccc(C(N)=NO)cc2)c1. The summed E-state index contributed by atoms with van der Waals surface area (Å²) in [7, 11) is 2.08. The zero-order valence-corrected chi connectivity index (χ0v) is 12.7. The van der Waals surface area contributed by atoms with Crippen molar-refractivity contribution in [2.75, 3.05) is 11.9 Å². The van der Waals surface area contributed by atoms with Crippen molar-refractivity contribution in [3.8, 4) is 0 Å². The number of hydrogen-bond acceptors (Lipinski definition) is 3. The quantitative estimate of drug-likeness (QED) is 0.392. The summed E-state index contributed by atoms with van der Waals surface area (Å²) in [6, 6.07) is 14.2. The van der Waals surface area contributed by atoms with Crippen molar-refractivity contribution in [2.45, 2.75) is 20.4 Å². The van der Waals surface area contributed by atoms with E-state index in [1.807, 2.05) is 24.3 Å². The normalized spacial score (nSPS) is 11.5. The van der Waals surface area contributed by atoms with Crippen molar-refractivity contribution in [3.63, 3.8) is 0 Å². The van der Waals surface area contributed by atoms with Gasteiger partial charge in [-0.05, 0) is 42.7 Å². The van der Waals surface area contributed by atoms with Crippen LogP contribution in [0.4, 0.5) is 5.69 Å². The number of amidine groups is 1. The van der Waals surface area contributed by atoms with E-state index >= 15 is 0 Å². The highest BCUT2D eigenvalue weighted by Crippen LogP contribution is 2.19. The van der Waals surface area contributed by atoms with Gasteiger partial charge in [-0.15, -0.1) is 0 Å². The largest absolute Gasteiger partial charge is 0.409 e. The zero-order chi connectivity index (χ0) is 15.4. The van der Waals surface area contributed by atoms with Crippen LogP contribution < -0.4 is 10.6 Å². The van der Waals surface area contributed by atoms with Crippen molar-refractivity contribution in [2.24, 2.45) is 10.9 Å². The van der Waals surface area contributed by atoms with Gasteiger partial charge in [0.15, 0.2) is 5.84 Å². The Labute approximate surface area is 125 Å². The van der Waals surface area contributed by atoms with Crippen LogP contribution in [0.3, 0.4) is 0 Å². The fourth-order valence-electron chi connectivity index (χ4n) is 2.37. The summed E-state index contributed by atoms with van der Waals surface area (Å²) >= 11 is 0. The van der Waals surface area contributed by atoms with Crippen LogP contribution in [0.5, 0.6) is 0 Å². The van der Waals surface area contributed by atoms with Gasteiger partial charge in [0, 0.05) is 24.8 Å². The van der Waals surface area contributed by atoms with Crippen LogP contribution >= 0.6 is 0 Å². The van der Waals surface area contributed by atoms with E-state index in [0.29, 0.717) is 0 Å². The van der Waals surface area contributed by atoms with Crippen molar-refractivity contribution < 1.29 is 5.21 Å². The molecule has 2 aromatic carbocycles. The summed E-state index contributed by atoms with van der Waals surface area (Å²) in [4.78, 5) is 2.21. The molecule has 0 aliphatic carbocycles.